The van der Waals surface area contributed by atoms with E-state index >= 15 is 0 Å². The highest BCUT2D eigenvalue weighted by atomic mass is 32.1. The fraction of sp³-hybridized carbons (Fsp3) is 0.333. The lowest BCUT2D eigenvalue weighted by Crippen LogP contribution is -2.29. The average molecular weight is 201 g/mol. The van der Waals surface area contributed by atoms with E-state index in [0.29, 0.717) is 4.88 Å². The van der Waals surface area contributed by atoms with Crippen molar-refractivity contribution in [2.24, 2.45) is 0 Å². The Bertz CT molecular complexity index is 336. The molecule has 1 aromatic heterocycles. The van der Waals surface area contributed by atoms with Crippen molar-refractivity contribution in [2.45, 2.75) is 6.92 Å². The summed E-state index contributed by atoms with van der Waals surface area (Å²) in [4.78, 5) is 21.9. The molecular weight excluding hydrogens is 194 g/mol. The van der Waals surface area contributed by atoms with Gasteiger partial charge in [0, 0.05) is 0 Å². The van der Waals surface area contributed by atoms with E-state index < -0.39 is 18.4 Å². The third-order valence-corrected chi connectivity index (χ3v) is 1.90. The molecule has 70 valence electrons. The monoisotopic (exact) mass is 201 g/mol. The van der Waals surface area contributed by atoms with Crippen molar-refractivity contribution in [3.05, 3.63) is 10.6 Å². The zero-order valence-electron chi connectivity index (χ0n) is 6.77. The molecule has 6 nitrogen and oxygen atoms in total. The number of hydrogen-bond acceptors (Lipinski definition) is 5. The van der Waals surface area contributed by atoms with Gasteiger partial charge in [-0.15, -0.1) is 5.10 Å². The molecule has 0 radical (unpaired) electrons. The fourth-order valence-electron chi connectivity index (χ4n) is 0.681. The second kappa shape index (κ2) is 3.94. The Kier molecular flexibility index (Phi) is 2.91. The van der Waals surface area contributed by atoms with Crippen LogP contribution in [0.5, 0.6) is 0 Å². The molecule has 0 fully saturated rings. The molecule has 1 amide bonds. The average Bonchev–Trinajstić information content (AvgIpc) is 2.47. The van der Waals surface area contributed by atoms with Gasteiger partial charge in [0.25, 0.3) is 5.91 Å². The molecule has 0 atom stereocenters. The van der Waals surface area contributed by atoms with E-state index in [9.17, 15) is 9.59 Å². The molecular formula is C6H7N3O3S. The highest BCUT2D eigenvalue weighted by molar-refractivity contribution is 7.05. The lowest BCUT2D eigenvalue weighted by molar-refractivity contribution is -0.135. The molecule has 1 aromatic rings. The van der Waals surface area contributed by atoms with Crippen LogP contribution in [0.1, 0.15) is 15.4 Å². The molecule has 0 bridgehead atoms. The summed E-state index contributed by atoms with van der Waals surface area (Å²) < 4.78 is 3.55. The Morgan fingerprint density at radius 1 is 1.62 bits per heavy atom. The van der Waals surface area contributed by atoms with Gasteiger partial charge in [-0.05, 0) is 18.5 Å². The SMILES string of the molecule is Cc1snnc1C(=O)NCC(=O)O. The number of carbonyl (C=O) groups excluding carboxylic acids is 1. The van der Waals surface area contributed by atoms with E-state index in [0.717, 1.165) is 11.5 Å². The second-order valence-corrected chi connectivity index (χ2v) is 3.21. The number of aliphatic carboxylic acids is 1. The molecule has 2 N–H and O–H groups in total. The largest absolute Gasteiger partial charge is 0.480 e. The van der Waals surface area contributed by atoms with Crippen molar-refractivity contribution in [3.63, 3.8) is 0 Å². The zero-order chi connectivity index (χ0) is 9.84. The second-order valence-electron chi connectivity index (χ2n) is 2.25. The van der Waals surface area contributed by atoms with Crippen LogP contribution in [0.15, 0.2) is 0 Å². The Morgan fingerprint density at radius 3 is 2.77 bits per heavy atom. The van der Waals surface area contributed by atoms with Gasteiger partial charge in [0.2, 0.25) is 0 Å². The van der Waals surface area contributed by atoms with Gasteiger partial charge < -0.3 is 10.4 Å². The highest BCUT2D eigenvalue weighted by Gasteiger charge is 2.13. The first kappa shape index (κ1) is 9.59. The van der Waals surface area contributed by atoms with Crippen molar-refractivity contribution in [3.8, 4) is 0 Å². The van der Waals surface area contributed by atoms with Crippen LogP contribution in [0, 0.1) is 6.92 Å². The number of hydrogen-bond donors (Lipinski definition) is 2. The van der Waals surface area contributed by atoms with E-state index in [1.807, 2.05) is 0 Å². The van der Waals surface area contributed by atoms with Gasteiger partial charge in [-0.3, -0.25) is 9.59 Å². The molecule has 0 unspecified atom stereocenters. The lowest BCUT2D eigenvalue weighted by atomic mass is 10.3. The summed E-state index contributed by atoms with van der Waals surface area (Å²) in [6.45, 7) is 1.29. The molecule has 0 aliphatic carbocycles. The summed E-state index contributed by atoms with van der Waals surface area (Å²) in [6, 6.07) is 0. The summed E-state index contributed by atoms with van der Waals surface area (Å²) in [6.07, 6.45) is 0. The van der Waals surface area contributed by atoms with Crippen LogP contribution in [-0.2, 0) is 4.79 Å². The smallest absolute Gasteiger partial charge is 0.322 e. The van der Waals surface area contributed by atoms with Crippen molar-refractivity contribution in [2.75, 3.05) is 6.54 Å². The summed E-state index contributed by atoms with van der Waals surface area (Å²) in [5, 5.41) is 14.0. The lowest BCUT2D eigenvalue weighted by Gasteiger charge is -1.97. The maximum atomic E-state index is 11.2. The standard InChI is InChI=1S/C6H7N3O3S/c1-3-5(8-9-13-3)6(12)7-2-4(10)11/h2H2,1H3,(H,7,12)(H,10,11). The first-order chi connectivity index (χ1) is 6.11. The first-order valence-electron chi connectivity index (χ1n) is 3.40. The number of aromatic nitrogens is 2. The van der Waals surface area contributed by atoms with Crippen LogP contribution in [0.2, 0.25) is 0 Å². The van der Waals surface area contributed by atoms with Crippen molar-refractivity contribution >= 4 is 23.4 Å². The molecule has 1 heterocycles. The van der Waals surface area contributed by atoms with Gasteiger partial charge >= 0.3 is 5.97 Å². The number of carboxylic acid groups (broad SMARTS) is 1. The summed E-state index contributed by atoms with van der Waals surface area (Å²) in [5.74, 6) is -1.59. The Labute approximate surface area is 77.7 Å². The van der Waals surface area contributed by atoms with E-state index in [4.69, 9.17) is 5.11 Å². The van der Waals surface area contributed by atoms with E-state index in [1.165, 1.54) is 0 Å². The van der Waals surface area contributed by atoms with Crippen LogP contribution in [0.25, 0.3) is 0 Å². The Balaban J connectivity index is 2.59. The number of carboxylic acids is 1. The third-order valence-electron chi connectivity index (χ3n) is 1.27. The topological polar surface area (TPSA) is 92.2 Å². The molecule has 0 aliphatic rings. The van der Waals surface area contributed by atoms with Crippen LogP contribution < -0.4 is 5.32 Å². The molecule has 0 spiro atoms. The molecule has 0 aromatic carbocycles. The Morgan fingerprint density at radius 2 is 2.31 bits per heavy atom. The minimum Gasteiger partial charge on any atom is -0.480 e. The van der Waals surface area contributed by atoms with Crippen LogP contribution in [0.4, 0.5) is 0 Å². The maximum Gasteiger partial charge on any atom is 0.322 e. The Hall–Kier alpha value is -1.50. The highest BCUT2D eigenvalue weighted by Crippen LogP contribution is 2.06. The predicted molar refractivity (Wildman–Crippen MR) is 44.6 cm³/mol. The van der Waals surface area contributed by atoms with Crippen molar-refractivity contribution < 1.29 is 14.7 Å². The molecule has 7 heteroatoms. The van der Waals surface area contributed by atoms with Gasteiger partial charge in [-0.1, -0.05) is 4.49 Å². The molecule has 0 saturated carbocycles. The number of nitrogens with zero attached hydrogens (tertiary/aromatic N) is 2. The van der Waals surface area contributed by atoms with Gasteiger partial charge in [-0.2, -0.15) is 0 Å². The van der Waals surface area contributed by atoms with Gasteiger partial charge in [0.05, 0.1) is 4.88 Å². The number of amides is 1. The van der Waals surface area contributed by atoms with E-state index in [1.54, 1.807) is 6.92 Å². The quantitative estimate of drug-likeness (QED) is 0.698. The summed E-state index contributed by atoms with van der Waals surface area (Å²) in [5.41, 5.74) is 0.186. The van der Waals surface area contributed by atoms with Crippen LogP contribution in [0.3, 0.4) is 0 Å². The summed E-state index contributed by atoms with van der Waals surface area (Å²) in [7, 11) is 0. The summed E-state index contributed by atoms with van der Waals surface area (Å²) >= 11 is 1.10. The normalized spacial score (nSPS) is 9.62. The number of carbonyl (C=O) groups is 2. The van der Waals surface area contributed by atoms with Crippen LogP contribution >= 0.6 is 11.5 Å². The van der Waals surface area contributed by atoms with E-state index in [2.05, 4.69) is 14.9 Å². The predicted octanol–water partition coefficient (Wildman–Crippen LogP) is -0.339. The molecule has 13 heavy (non-hydrogen) atoms. The maximum absolute atomic E-state index is 11.2. The first-order valence-corrected chi connectivity index (χ1v) is 4.17. The number of aryl methyl sites for hydroxylation is 1. The van der Waals surface area contributed by atoms with Crippen molar-refractivity contribution in [1.82, 2.24) is 14.9 Å². The van der Waals surface area contributed by atoms with Gasteiger partial charge in [0.1, 0.15) is 6.54 Å². The minimum absolute atomic E-state index is 0.186. The minimum atomic E-state index is -1.09. The molecule has 1 rings (SSSR count). The third kappa shape index (κ3) is 2.48. The number of rotatable bonds is 3. The van der Waals surface area contributed by atoms with Gasteiger partial charge in [-0.25, -0.2) is 0 Å². The molecule has 0 aliphatic heterocycles. The zero-order valence-corrected chi connectivity index (χ0v) is 7.59. The van der Waals surface area contributed by atoms with Crippen LogP contribution in [-0.4, -0.2) is 33.1 Å². The molecule has 0 saturated heterocycles. The number of nitrogens with one attached hydrogen (secondary N) is 1. The van der Waals surface area contributed by atoms with E-state index in [-0.39, 0.29) is 5.69 Å². The van der Waals surface area contributed by atoms with Gasteiger partial charge in [0.15, 0.2) is 5.69 Å². The van der Waals surface area contributed by atoms with Crippen molar-refractivity contribution in [1.29, 1.82) is 0 Å². The fourth-order valence-corrected chi connectivity index (χ4v) is 1.15.